The van der Waals surface area contributed by atoms with E-state index in [-0.39, 0.29) is 0 Å². The van der Waals surface area contributed by atoms with Crippen molar-refractivity contribution in [2.75, 3.05) is 0 Å². The Morgan fingerprint density at radius 1 is 0.944 bits per heavy atom. The Bertz CT molecular complexity index is 677. The standard InChI is InChI=1S/C16H13NO/c18-16-14(10-12-4-3-9-17-11-12)8-7-13-5-1-2-6-15(13)16/h1-9,11,18H,10H2. The summed E-state index contributed by atoms with van der Waals surface area (Å²) in [6.45, 7) is 0. The van der Waals surface area contributed by atoms with Gasteiger partial charge in [0.25, 0.3) is 0 Å². The predicted octanol–water partition coefficient (Wildman–Crippen LogP) is 3.53. The number of phenols is 1. The molecule has 3 aromatic rings. The maximum Gasteiger partial charge on any atom is 0.126 e. The molecule has 1 heterocycles. The van der Waals surface area contributed by atoms with Crippen molar-refractivity contribution in [3.8, 4) is 5.75 Å². The summed E-state index contributed by atoms with van der Waals surface area (Å²) in [5, 5.41) is 12.3. The molecule has 0 saturated carbocycles. The number of hydrogen-bond acceptors (Lipinski definition) is 2. The van der Waals surface area contributed by atoms with Crippen LogP contribution < -0.4 is 0 Å². The molecule has 88 valence electrons. The molecule has 2 heteroatoms. The molecular formula is C16H13NO. The summed E-state index contributed by atoms with van der Waals surface area (Å²) in [5.74, 6) is 0.372. The van der Waals surface area contributed by atoms with Crippen LogP contribution >= 0.6 is 0 Å². The normalized spacial score (nSPS) is 10.7. The first-order chi connectivity index (χ1) is 8.84. The van der Waals surface area contributed by atoms with Gasteiger partial charge in [0.15, 0.2) is 0 Å². The summed E-state index contributed by atoms with van der Waals surface area (Å²) < 4.78 is 0. The van der Waals surface area contributed by atoms with E-state index in [9.17, 15) is 5.11 Å². The van der Waals surface area contributed by atoms with Crippen LogP contribution in [0.4, 0.5) is 0 Å². The van der Waals surface area contributed by atoms with Crippen LogP contribution in [0.2, 0.25) is 0 Å². The van der Waals surface area contributed by atoms with Gasteiger partial charge in [-0.25, -0.2) is 0 Å². The van der Waals surface area contributed by atoms with Gasteiger partial charge in [0.05, 0.1) is 0 Å². The van der Waals surface area contributed by atoms with Gasteiger partial charge in [-0.1, -0.05) is 42.5 Å². The molecular weight excluding hydrogens is 222 g/mol. The van der Waals surface area contributed by atoms with E-state index in [0.29, 0.717) is 12.2 Å². The zero-order valence-corrected chi connectivity index (χ0v) is 9.88. The second kappa shape index (κ2) is 4.49. The molecule has 0 atom stereocenters. The number of fused-ring (bicyclic) bond motifs is 1. The first-order valence-electron chi connectivity index (χ1n) is 5.93. The van der Waals surface area contributed by atoms with Gasteiger partial charge in [-0.05, 0) is 22.6 Å². The molecule has 0 fully saturated rings. The maximum absolute atomic E-state index is 10.3. The lowest BCUT2D eigenvalue weighted by atomic mass is 10.0. The predicted molar refractivity (Wildman–Crippen MR) is 72.7 cm³/mol. The van der Waals surface area contributed by atoms with Gasteiger partial charge < -0.3 is 5.11 Å². The van der Waals surface area contributed by atoms with Crippen LogP contribution in [0.3, 0.4) is 0 Å². The zero-order chi connectivity index (χ0) is 12.4. The Hall–Kier alpha value is -2.35. The number of pyridine rings is 1. The Kier molecular flexibility index (Phi) is 2.69. The third kappa shape index (κ3) is 1.93. The van der Waals surface area contributed by atoms with E-state index in [1.54, 1.807) is 6.20 Å². The Balaban J connectivity index is 2.05. The van der Waals surface area contributed by atoms with Crippen LogP contribution in [-0.2, 0) is 6.42 Å². The highest BCUT2D eigenvalue weighted by Crippen LogP contribution is 2.29. The fourth-order valence-electron chi connectivity index (χ4n) is 2.17. The molecule has 0 aliphatic carbocycles. The van der Waals surface area contributed by atoms with Crippen molar-refractivity contribution in [2.45, 2.75) is 6.42 Å². The number of aromatic hydroxyl groups is 1. The largest absolute Gasteiger partial charge is 0.507 e. The molecule has 2 aromatic carbocycles. The minimum absolute atomic E-state index is 0.372. The monoisotopic (exact) mass is 235 g/mol. The molecule has 2 nitrogen and oxygen atoms in total. The minimum Gasteiger partial charge on any atom is -0.507 e. The van der Waals surface area contributed by atoms with Crippen LogP contribution in [0.1, 0.15) is 11.1 Å². The molecule has 1 N–H and O–H groups in total. The van der Waals surface area contributed by atoms with Crippen molar-refractivity contribution in [3.05, 3.63) is 72.1 Å². The molecule has 0 bridgehead atoms. The molecule has 3 rings (SSSR count). The fraction of sp³-hybridized carbons (Fsp3) is 0.0625. The third-order valence-electron chi connectivity index (χ3n) is 3.10. The second-order valence-corrected chi connectivity index (χ2v) is 4.33. The molecule has 0 radical (unpaired) electrons. The quantitative estimate of drug-likeness (QED) is 0.737. The van der Waals surface area contributed by atoms with E-state index in [0.717, 1.165) is 21.9 Å². The summed E-state index contributed by atoms with van der Waals surface area (Å²) in [7, 11) is 0. The molecule has 1 aromatic heterocycles. The second-order valence-electron chi connectivity index (χ2n) is 4.33. The zero-order valence-electron chi connectivity index (χ0n) is 9.88. The lowest BCUT2D eigenvalue weighted by Crippen LogP contribution is -1.90. The van der Waals surface area contributed by atoms with Crippen LogP contribution in [0.5, 0.6) is 5.75 Å². The van der Waals surface area contributed by atoms with Crippen molar-refractivity contribution < 1.29 is 5.11 Å². The van der Waals surface area contributed by atoms with Crippen molar-refractivity contribution in [1.29, 1.82) is 0 Å². The van der Waals surface area contributed by atoms with Crippen LogP contribution in [0.15, 0.2) is 60.9 Å². The Morgan fingerprint density at radius 3 is 2.67 bits per heavy atom. The molecule has 0 saturated heterocycles. The highest BCUT2D eigenvalue weighted by molar-refractivity contribution is 5.89. The SMILES string of the molecule is Oc1c(Cc2cccnc2)ccc2ccccc12. The molecule has 0 spiro atoms. The van der Waals surface area contributed by atoms with Gasteiger partial charge in [-0.15, -0.1) is 0 Å². The van der Waals surface area contributed by atoms with E-state index in [4.69, 9.17) is 0 Å². The third-order valence-corrected chi connectivity index (χ3v) is 3.10. The van der Waals surface area contributed by atoms with E-state index >= 15 is 0 Å². The lowest BCUT2D eigenvalue weighted by Gasteiger charge is -2.07. The average molecular weight is 235 g/mol. The van der Waals surface area contributed by atoms with Crippen molar-refractivity contribution >= 4 is 10.8 Å². The molecule has 0 amide bonds. The summed E-state index contributed by atoms with van der Waals surface area (Å²) in [6, 6.07) is 15.8. The van der Waals surface area contributed by atoms with Gasteiger partial charge >= 0.3 is 0 Å². The number of hydrogen-bond donors (Lipinski definition) is 1. The van der Waals surface area contributed by atoms with Crippen molar-refractivity contribution in [3.63, 3.8) is 0 Å². The Morgan fingerprint density at radius 2 is 1.83 bits per heavy atom. The van der Waals surface area contributed by atoms with Crippen LogP contribution in [0, 0.1) is 0 Å². The van der Waals surface area contributed by atoms with Crippen molar-refractivity contribution in [2.24, 2.45) is 0 Å². The average Bonchev–Trinajstić information content (AvgIpc) is 2.43. The number of benzene rings is 2. The topological polar surface area (TPSA) is 33.1 Å². The highest BCUT2D eigenvalue weighted by atomic mass is 16.3. The first kappa shape index (κ1) is 10.8. The summed E-state index contributed by atoms with van der Waals surface area (Å²) in [4.78, 5) is 4.09. The van der Waals surface area contributed by atoms with E-state index in [1.165, 1.54) is 0 Å². The summed E-state index contributed by atoms with van der Waals surface area (Å²) >= 11 is 0. The van der Waals surface area contributed by atoms with Gasteiger partial charge in [-0.3, -0.25) is 4.98 Å². The Labute approximate surface area is 106 Å². The molecule has 0 unspecified atom stereocenters. The fourth-order valence-corrected chi connectivity index (χ4v) is 2.17. The smallest absolute Gasteiger partial charge is 0.126 e. The van der Waals surface area contributed by atoms with Crippen LogP contribution in [-0.4, -0.2) is 10.1 Å². The van der Waals surface area contributed by atoms with Crippen molar-refractivity contribution in [1.82, 2.24) is 4.98 Å². The summed E-state index contributed by atoms with van der Waals surface area (Å²) in [6.07, 6.45) is 4.28. The lowest BCUT2D eigenvalue weighted by molar-refractivity contribution is 0.476. The van der Waals surface area contributed by atoms with Gasteiger partial charge in [-0.2, -0.15) is 0 Å². The van der Waals surface area contributed by atoms with E-state index < -0.39 is 0 Å². The van der Waals surface area contributed by atoms with E-state index in [1.807, 2.05) is 54.7 Å². The number of rotatable bonds is 2. The molecule has 0 aliphatic heterocycles. The minimum atomic E-state index is 0.372. The van der Waals surface area contributed by atoms with Gasteiger partial charge in [0, 0.05) is 24.2 Å². The number of nitrogens with zero attached hydrogens (tertiary/aromatic N) is 1. The van der Waals surface area contributed by atoms with Crippen LogP contribution in [0.25, 0.3) is 10.8 Å². The molecule has 18 heavy (non-hydrogen) atoms. The number of phenolic OH excluding ortho intramolecular Hbond substituents is 1. The molecule has 0 aliphatic rings. The maximum atomic E-state index is 10.3. The summed E-state index contributed by atoms with van der Waals surface area (Å²) in [5.41, 5.74) is 2.03. The highest BCUT2D eigenvalue weighted by Gasteiger charge is 2.06. The van der Waals surface area contributed by atoms with Gasteiger partial charge in [0.2, 0.25) is 0 Å². The number of aromatic nitrogens is 1. The van der Waals surface area contributed by atoms with E-state index in [2.05, 4.69) is 4.98 Å². The first-order valence-corrected chi connectivity index (χ1v) is 5.93. The van der Waals surface area contributed by atoms with Gasteiger partial charge in [0.1, 0.15) is 5.75 Å².